The zero-order valence-electron chi connectivity index (χ0n) is 10.9. The van der Waals surface area contributed by atoms with Crippen LogP contribution in [0.3, 0.4) is 0 Å². The van der Waals surface area contributed by atoms with Crippen LogP contribution in [0.2, 0.25) is 0 Å². The Morgan fingerprint density at radius 3 is 2.44 bits per heavy atom. The standard InChI is InChI=1S/C12H23N3O/c1-11(2,3)14-9-12(4,16)8-10-13-6-7-15(10)5/h6-7,14,16H,8-9H2,1-5H3. The molecule has 0 radical (unpaired) electrons. The number of rotatable bonds is 4. The number of hydrogen-bond acceptors (Lipinski definition) is 3. The van der Waals surface area contributed by atoms with Crippen molar-refractivity contribution in [3.05, 3.63) is 18.2 Å². The Hall–Kier alpha value is -0.870. The van der Waals surface area contributed by atoms with E-state index in [-0.39, 0.29) is 5.54 Å². The Bertz CT molecular complexity index is 336. The van der Waals surface area contributed by atoms with E-state index in [0.29, 0.717) is 13.0 Å². The first-order chi connectivity index (χ1) is 7.20. The monoisotopic (exact) mass is 225 g/mol. The van der Waals surface area contributed by atoms with Crippen molar-refractivity contribution in [2.24, 2.45) is 7.05 Å². The highest BCUT2D eigenvalue weighted by Crippen LogP contribution is 2.12. The zero-order valence-corrected chi connectivity index (χ0v) is 10.9. The van der Waals surface area contributed by atoms with E-state index >= 15 is 0 Å². The van der Waals surface area contributed by atoms with Crippen molar-refractivity contribution in [3.63, 3.8) is 0 Å². The van der Waals surface area contributed by atoms with Crippen LogP contribution in [0.1, 0.15) is 33.5 Å². The molecule has 1 heterocycles. The van der Waals surface area contributed by atoms with Gasteiger partial charge in [0.1, 0.15) is 5.82 Å². The van der Waals surface area contributed by atoms with E-state index in [9.17, 15) is 5.11 Å². The number of nitrogens with zero attached hydrogens (tertiary/aromatic N) is 2. The van der Waals surface area contributed by atoms with Crippen LogP contribution in [-0.2, 0) is 13.5 Å². The Morgan fingerprint density at radius 2 is 2.00 bits per heavy atom. The summed E-state index contributed by atoms with van der Waals surface area (Å²) in [5.41, 5.74) is -0.752. The second kappa shape index (κ2) is 4.55. The first kappa shape index (κ1) is 13.2. The SMILES string of the molecule is Cn1ccnc1CC(C)(O)CNC(C)(C)C. The summed E-state index contributed by atoms with van der Waals surface area (Å²) in [5.74, 6) is 0.903. The molecule has 0 aromatic carbocycles. The van der Waals surface area contributed by atoms with Gasteiger partial charge in [-0.15, -0.1) is 0 Å². The molecule has 1 unspecified atom stereocenters. The topological polar surface area (TPSA) is 50.1 Å². The smallest absolute Gasteiger partial charge is 0.111 e. The summed E-state index contributed by atoms with van der Waals surface area (Å²) in [7, 11) is 1.94. The van der Waals surface area contributed by atoms with Crippen molar-refractivity contribution in [3.8, 4) is 0 Å². The van der Waals surface area contributed by atoms with Crippen LogP contribution < -0.4 is 5.32 Å². The largest absolute Gasteiger partial charge is 0.388 e. The van der Waals surface area contributed by atoms with E-state index in [1.807, 2.05) is 24.7 Å². The molecule has 2 N–H and O–H groups in total. The van der Waals surface area contributed by atoms with Gasteiger partial charge in [0.15, 0.2) is 0 Å². The molecule has 4 nitrogen and oxygen atoms in total. The van der Waals surface area contributed by atoms with E-state index in [1.54, 1.807) is 6.20 Å². The quantitative estimate of drug-likeness (QED) is 0.807. The molecule has 0 fully saturated rings. The molecule has 0 bridgehead atoms. The van der Waals surface area contributed by atoms with Gasteiger partial charge in [-0.05, 0) is 27.7 Å². The maximum Gasteiger partial charge on any atom is 0.111 e. The van der Waals surface area contributed by atoms with Crippen molar-refractivity contribution >= 4 is 0 Å². The molecule has 16 heavy (non-hydrogen) atoms. The number of nitrogens with one attached hydrogen (secondary N) is 1. The lowest BCUT2D eigenvalue weighted by molar-refractivity contribution is 0.0509. The predicted molar refractivity (Wildman–Crippen MR) is 65.3 cm³/mol. The van der Waals surface area contributed by atoms with Crippen LogP contribution >= 0.6 is 0 Å². The minimum atomic E-state index is -0.771. The van der Waals surface area contributed by atoms with Crippen LogP contribution in [0.15, 0.2) is 12.4 Å². The fourth-order valence-corrected chi connectivity index (χ4v) is 1.43. The second-order valence-electron chi connectivity index (χ2n) is 5.73. The molecule has 4 heteroatoms. The van der Waals surface area contributed by atoms with Gasteiger partial charge in [-0.25, -0.2) is 4.98 Å². The lowest BCUT2D eigenvalue weighted by Crippen LogP contribution is -2.47. The highest BCUT2D eigenvalue weighted by Gasteiger charge is 2.24. The minimum absolute atomic E-state index is 0.0195. The fraction of sp³-hybridized carbons (Fsp3) is 0.750. The first-order valence-corrected chi connectivity index (χ1v) is 5.63. The Morgan fingerprint density at radius 1 is 1.38 bits per heavy atom. The first-order valence-electron chi connectivity index (χ1n) is 5.63. The van der Waals surface area contributed by atoms with Gasteiger partial charge in [0, 0.05) is 37.9 Å². The molecule has 92 valence electrons. The highest BCUT2D eigenvalue weighted by atomic mass is 16.3. The van der Waals surface area contributed by atoms with E-state index in [1.165, 1.54) is 0 Å². The molecule has 1 aromatic heterocycles. The fourth-order valence-electron chi connectivity index (χ4n) is 1.43. The number of hydrogen-bond donors (Lipinski definition) is 2. The lowest BCUT2D eigenvalue weighted by atomic mass is 9.99. The Kier molecular flexibility index (Phi) is 3.76. The molecule has 1 aromatic rings. The predicted octanol–water partition coefficient (Wildman–Crippen LogP) is 1.10. The zero-order chi connectivity index (χ0) is 12.4. The molecule has 0 aliphatic carbocycles. The third-order valence-electron chi connectivity index (χ3n) is 2.46. The molecular weight excluding hydrogens is 202 g/mol. The average molecular weight is 225 g/mol. The van der Waals surface area contributed by atoms with Gasteiger partial charge in [-0.1, -0.05) is 0 Å². The second-order valence-corrected chi connectivity index (χ2v) is 5.73. The molecule has 0 saturated carbocycles. The molecule has 1 rings (SSSR count). The van der Waals surface area contributed by atoms with E-state index in [4.69, 9.17) is 0 Å². The van der Waals surface area contributed by atoms with E-state index in [0.717, 1.165) is 5.82 Å². The Balaban J connectivity index is 2.55. The van der Waals surface area contributed by atoms with Crippen LogP contribution in [0, 0.1) is 0 Å². The summed E-state index contributed by atoms with van der Waals surface area (Å²) in [6.07, 6.45) is 4.20. The summed E-state index contributed by atoms with van der Waals surface area (Å²) in [6.45, 7) is 8.65. The molecule has 0 spiro atoms. The van der Waals surface area contributed by atoms with Crippen LogP contribution in [0.25, 0.3) is 0 Å². The van der Waals surface area contributed by atoms with Gasteiger partial charge < -0.3 is 15.0 Å². The number of aryl methyl sites for hydroxylation is 1. The summed E-state index contributed by atoms with van der Waals surface area (Å²) in [6, 6.07) is 0. The maximum absolute atomic E-state index is 10.3. The molecular formula is C12H23N3O. The normalized spacial score (nSPS) is 16.1. The van der Waals surface area contributed by atoms with Gasteiger partial charge in [0.2, 0.25) is 0 Å². The molecule has 0 amide bonds. The molecule has 1 atom stereocenters. The summed E-state index contributed by atoms with van der Waals surface area (Å²) in [5, 5.41) is 13.6. The third kappa shape index (κ3) is 4.33. The van der Waals surface area contributed by atoms with Crippen molar-refractivity contribution in [1.29, 1.82) is 0 Å². The maximum atomic E-state index is 10.3. The minimum Gasteiger partial charge on any atom is -0.388 e. The number of imidazole rings is 1. The summed E-state index contributed by atoms with van der Waals surface area (Å²) < 4.78 is 1.94. The van der Waals surface area contributed by atoms with Crippen molar-refractivity contribution < 1.29 is 5.11 Å². The van der Waals surface area contributed by atoms with E-state index < -0.39 is 5.60 Å². The van der Waals surface area contributed by atoms with Crippen LogP contribution in [0.5, 0.6) is 0 Å². The van der Waals surface area contributed by atoms with Crippen molar-refractivity contribution in [2.75, 3.05) is 6.54 Å². The van der Waals surface area contributed by atoms with Crippen molar-refractivity contribution in [1.82, 2.24) is 14.9 Å². The van der Waals surface area contributed by atoms with Crippen LogP contribution in [0.4, 0.5) is 0 Å². The van der Waals surface area contributed by atoms with Gasteiger partial charge in [0.25, 0.3) is 0 Å². The summed E-state index contributed by atoms with van der Waals surface area (Å²) >= 11 is 0. The number of β-amino-alcohol motifs (C(OH)–C–C–N with tert-alkyl or cyclic N) is 1. The number of aliphatic hydroxyl groups is 1. The summed E-state index contributed by atoms with van der Waals surface area (Å²) in [4.78, 5) is 4.22. The molecule has 0 aliphatic heterocycles. The van der Waals surface area contributed by atoms with Gasteiger partial charge in [0.05, 0.1) is 5.60 Å². The van der Waals surface area contributed by atoms with Crippen LogP contribution in [-0.4, -0.2) is 32.3 Å². The molecule has 0 aliphatic rings. The van der Waals surface area contributed by atoms with Gasteiger partial charge in [-0.2, -0.15) is 0 Å². The third-order valence-corrected chi connectivity index (χ3v) is 2.46. The Labute approximate surface area is 97.7 Å². The van der Waals surface area contributed by atoms with Crippen molar-refractivity contribution in [2.45, 2.75) is 45.3 Å². The highest BCUT2D eigenvalue weighted by molar-refractivity contribution is 4.97. The number of aromatic nitrogens is 2. The average Bonchev–Trinajstić information content (AvgIpc) is 2.47. The molecule has 0 saturated heterocycles. The van der Waals surface area contributed by atoms with E-state index in [2.05, 4.69) is 31.1 Å². The van der Waals surface area contributed by atoms with Gasteiger partial charge >= 0.3 is 0 Å². The lowest BCUT2D eigenvalue weighted by Gasteiger charge is -2.29. The van der Waals surface area contributed by atoms with Gasteiger partial charge in [-0.3, -0.25) is 0 Å².